The smallest absolute Gasteiger partial charge is 0.232 e. The molecule has 0 spiro atoms. The molecule has 1 aliphatic heterocycles. The lowest BCUT2D eigenvalue weighted by Crippen LogP contribution is -2.29. The number of carbonyl (C=O) groups is 1. The maximum atomic E-state index is 12.3. The van der Waals surface area contributed by atoms with E-state index >= 15 is 0 Å². The molecule has 2 aromatic rings. The number of hydrogen-bond donors (Lipinski definition) is 2. The van der Waals surface area contributed by atoms with Crippen molar-refractivity contribution in [1.29, 1.82) is 5.26 Å². The van der Waals surface area contributed by atoms with Crippen molar-refractivity contribution in [2.75, 3.05) is 11.1 Å². The fourth-order valence-corrected chi connectivity index (χ4v) is 2.77. The van der Waals surface area contributed by atoms with Gasteiger partial charge in [0.1, 0.15) is 22.6 Å². The number of fused-ring (bicyclic) bond motifs is 1. The van der Waals surface area contributed by atoms with E-state index in [1.807, 2.05) is 36.4 Å². The minimum Gasteiger partial charge on any atom is -0.382 e. The third kappa shape index (κ3) is 2.20. The van der Waals surface area contributed by atoms with Gasteiger partial charge in [-0.15, -0.1) is 0 Å². The summed E-state index contributed by atoms with van der Waals surface area (Å²) >= 11 is 6.13. The Hall–Kier alpha value is -2.58. The summed E-state index contributed by atoms with van der Waals surface area (Å²) < 4.78 is 0. The van der Waals surface area contributed by atoms with E-state index < -0.39 is 0 Å². The molecule has 0 fully saturated rings. The number of rotatable bonds is 1. The Morgan fingerprint density at radius 3 is 2.76 bits per heavy atom. The molecule has 2 heterocycles. The topological polar surface area (TPSA) is 91.8 Å². The molecule has 0 radical (unpaired) electrons. The van der Waals surface area contributed by atoms with Gasteiger partial charge in [-0.2, -0.15) is 5.26 Å². The summed E-state index contributed by atoms with van der Waals surface area (Å²) in [4.78, 5) is 16.3. The van der Waals surface area contributed by atoms with Gasteiger partial charge in [0.05, 0.1) is 11.6 Å². The van der Waals surface area contributed by atoms with Gasteiger partial charge in [-0.1, -0.05) is 41.9 Å². The van der Waals surface area contributed by atoms with Gasteiger partial charge in [0.2, 0.25) is 5.91 Å². The average molecular weight is 299 g/mol. The summed E-state index contributed by atoms with van der Waals surface area (Å²) in [7, 11) is 0. The first-order valence-electron chi connectivity index (χ1n) is 6.35. The molecule has 1 aromatic heterocycles. The number of benzene rings is 1. The quantitative estimate of drug-likeness (QED) is 0.791. The first kappa shape index (κ1) is 13.4. The molecule has 1 atom stereocenters. The van der Waals surface area contributed by atoms with E-state index in [9.17, 15) is 10.1 Å². The summed E-state index contributed by atoms with van der Waals surface area (Å²) in [6.45, 7) is 0. The monoisotopic (exact) mass is 298 g/mol. The Kier molecular flexibility index (Phi) is 3.24. The molecule has 1 aliphatic rings. The van der Waals surface area contributed by atoms with Gasteiger partial charge in [-0.3, -0.25) is 4.79 Å². The number of nitrogens with one attached hydrogen (secondary N) is 1. The lowest BCUT2D eigenvalue weighted by atomic mass is 9.87. The third-order valence-corrected chi connectivity index (χ3v) is 3.87. The van der Waals surface area contributed by atoms with Crippen LogP contribution in [-0.2, 0) is 11.2 Å². The number of aromatic nitrogens is 1. The summed E-state index contributed by atoms with van der Waals surface area (Å²) in [6.07, 6.45) is 0.395. The zero-order valence-corrected chi connectivity index (χ0v) is 11.7. The molecule has 104 valence electrons. The van der Waals surface area contributed by atoms with Crippen LogP contribution in [0, 0.1) is 11.3 Å². The molecule has 21 heavy (non-hydrogen) atoms. The minimum atomic E-state index is -0.354. The van der Waals surface area contributed by atoms with E-state index in [2.05, 4.69) is 10.3 Å². The molecule has 5 nitrogen and oxygen atoms in total. The second-order valence-corrected chi connectivity index (χ2v) is 5.14. The fraction of sp³-hybridized carbons (Fsp3) is 0.133. The second kappa shape index (κ2) is 5.08. The van der Waals surface area contributed by atoms with Crippen LogP contribution in [0.1, 0.15) is 22.6 Å². The van der Waals surface area contributed by atoms with E-state index in [0.29, 0.717) is 17.7 Å². The zero-order chi connectivity index (χ0) is 15.0. The first-order chi connectivity index (χ1) is 10.1. The largest absolute Gasteiger partial charge is 0.382 e. The highest BCUT2D eigenvalue weighted by molar-refractivity contribution is 6.31. The van der Waals surface area contributed by atoms with Crippen LogP contribution in [0.15, 0.2) is 30.3 Å². The summed E-state index contributed by atoms with van der Waals surface area (Å²) in [5.41, 5.74) is 7.77. The van der Waals surface area contributed by atoms with Crippen LogP contribution in [0.25, 0.3) is 0 Å². The Labute approximate surface area is 126 Å². The number of nitrogens with zero attached hydrogens (tertiary/aromatic N) is 2. The molecular weight excluding hydrogens is 288 g/mol. The molecule has 1 unspecified atom stereocenters. The lowest BCUT2D eigenvalue weighted by molar-refractivity contribution is -0.117. The number of nitriles is 1. The molecule has 3 rings (SSSR count). The van der Waals surface area contributed by atoms with Gasteiger partial charge in [0.25, 0.3) is 0 Å². The van der Waals surface area contributed by atoms with Crippen molar-refractivity contribution in [3.63, 3.8) is 0 Å². The van der Waals surface area contributed by atoms with Crippen molar-refractivity contribution in [1.82, 2.24) is 4.98 Å². The van der Waals surface area contributed by atoms with Crippen molar-refractivity contribution in [2.24, 2.45) is 0 Å². The Morgan fingerprint density at radius 1 is 1.38 bits per heavy atom. The number of hydrogen-bond acceptors (Lipinski definition) is 4. The maximum absolute atomic E-state index is 12.3. The standard InChI is InChI=1S/C15H11ClN4O/c16-13-10-6-9(8-4-2-1-3-5-8)15(21)19-12(10)11(7-17)14(18)20-13/h1-5,9H,6H2,(H2,18,20)(H,19,21). The Balaban J connectivity index is 2.11. The van der Waals surface area contributed by atoms with Crippen LogP contribution in [0.4, 0.5) is 11.5 Å². The van der Waals surface area contributed by atoms with Crippen molar-refractivity contribution in [3.05, 3.63) is 52.2 Å². The van der Waals surface area contributed by atoms with Crippen molar-refractivity contribution >= 4 is 29.0 Å². The van der Waals surface area contributed by atoms with Gasteiger partial charge < -0.3 is 11.1 Å². The van der Waals surface area contributed by atoms with Gasteiger partial charge in [-0.05, 0) is 12.0 Å². The Bertz CT molecular complexity index is 767. The predicted molar refractivity (Wildman–Crippen MR) is 79.9 cm³/mol. The molecule has 0 aliphatic carbocycles. The van der Waals surface area contributed by atoms with E-state index in [1.54, 1.807) is 0 Å². The fourth-order valence-electron chi connectivity index (χ4n) is 2.51. The number of amides is 1. The maximum Gasteiger partial charge on any atom is 0.232 e. The summed E-state index contributed by atoms with van der Waals surface area (Å²) in [5, 5.41) is 12.1. The third-order valence-electron chi connectivity index (χ3n) is 3.56. The summed E-state index contributed by atoms with van der Waals surface area (Å²) in [6, 6.07) is 11.4. The highest BCUT2D eigenvalue weighted by Crippen LogP contribution is 2.38. The van der Waals surface area contributed by atoms with Gasteiger partial charge in [-0.25, -0.2) is 4.98 Å². The Morgan fingerprint density at radius 2 is 2.10 bits per heavy atom. The number of nitrogen functional groups attached to an aromatic ring is 1. The highest BCUT2D eigenvalue weighted by atomic mass is 35.5. The zero-order valence-electron chi connectivity index (χ0n) is 10.9. The lowest BCUT2D eigenvalue weighted by Gasteiger charge is -2.26. The first-order valence-corrected chi connectivity index (χ1v) is 6.73. The molecule has 3 N–H and O–H groups in total. The molecule has 6 heteroatoms. The van der Waals surface area contributed by atoms with Crippen molar-refractivity contribution in [2.45, 2.75) is 12.3 Å². The summed E-state index contributed by atoms with van der Waals surface area (Å²) in [5.74, 6) is -0.500. The average Bonchev–Trinajstić information content (AvgIpc) is 2.48. The SMILES string of the molecule is N#Cc1c(N)nc(Cl)c2c1NC(=O)C(c1ccccc1)C2. The minimum absolute atomic E-state index is 0.0275. The van der Waals surface area contributed by atoms with Crippen LogP contribution in [0.2, 0.25) is 5.15 Å². The van der Waals surface area contributed by atoms with E-state index in [1.165, 1.54) is 0 Å². The highest BCUT2D eigenvalue weighted by Gasteiger charge is 2.32. The number of pyridine rings is 1. The predicted octanol–water partition coefficient (Wildman–Crippen LogP) is 2.47. The van der Waals surface area contributed by atoms with Crippen LogP contribution in [-0.4, -0.2) is 10.9 Å². The van der Waals surface area contributed by atoms with Gasteiger partial charge in [0, 0.05) is 5.56 Å². The van der Waals surface area contributed by atoms with Gasteiger partial charge >= 0.3 is 0 Å². The van der Waals surface area contributed by atoms with Crippen LogP contribution >= 0.6 is 11.6 Å². The number of halogens is 1. The second-order valence-electron chi connectivity index (χ2n) is 4.78. The van der Waals surface area contributed by atoms with Crippen molar-refractivity contribution < 1.29 is 4.79 Å². The van der Waals surface area contributed by atoms with Gasteiger partial charge in [0.15, 0.2) is 0 Å². The molecule has 1 amide bonds. The normalized spacial score (nSPS) is 16.8. The molecule has 0 bridgehead atoms. The van der Waals surface area contributed by atoms with Crippen LogP contribution in [0.5, 0.6) is 0 Å². The van der Waals surface area contributed by atoms with E-state index in [4.69, 9.17) is 17.3 Å². The molecule has 0 saturated carbocycles. The molecular formula is C15H11ClN4O. The number of carbonyl (C=O) groups excluding carboxylic acids is 1. The van der Waals surface area contributed by atoms with E-state index in [0.717, 1.165) is 5.56 Å². The van der Waals surface area contributed by atoms with Crippen molar-refractivity contribution in [3.8, 4) is 6.07 Å². The number of nitrogens with two attached hydrogens (primary N) is 1. The van der Waals surface area contributed by atoms with E-state index in [-0.39, 0.29) is 28.4 Å². The van der Waals surface area contributed by atoms with Crippen LogP contribution in [0.3, 0.4) is 0 Å². The number of anilines is 2. The molecule has 1 aromatic carbocycles. The van der Waals surface area contributed by atoms with Crippen LogP contribution < -0.4 is 11.1 Å². The molecule has 0 saturated heterocycles.